The third-order valence-electron chi connectivity index (χ3n) is 0.641. The first-order valence-electron chi connectivity index (χ1n) is 3.03. The zero-order valence-electron chi connectivity index (χ0n) is 6.56. The summed E-state index contributed by atoms with van der Waals surface area (Å²) in [7, 11) is 0. The molecule has 3 nitrogen and oxygen atoms in total. The number of carbonyl (C=O) groups is 1. The van der Waals surface area contributed by atoms with Crippen molar-refractivity contribution >= 4 is 11.7 Å². The molecule has 2 N–H and O–H groups in total. The van der Waals surface area contributed by atoms with Crippen molar-refractivity contribution in [3.63, 3.8) is 0 Å². The van der Waals surface area contributed by atoms with Gasteiger partial charge in [0, 0.05) is 0 Å². The number of carboxylic acids is 1. The largest absolute Gasteiger partial charge is 0.477 e. The molecule has 10 heavy (non-hydrogen) atoms. The number of hydrogen-bond donors (Lipinski definition) is 2. The lowest BCUT2D eigenvalue weighted by molar-refractivity contribution is -0.129. The van der Waals surface area contributed by atoms with Gasteiger partial charge in [-0.1, -0.05) is 20.4 Å². The molecule has 0 atom stereocenters. The van der Waals surface area contributed by atoms with Crippen LogP contribution in [0.2, 0.25) is 0 Å². The molecule has 0 aliphatic heterocycles. The number of carboxylic acid groups (broad SMARTS) is 1. The van der Waals surface area contributed by atoms with Crippen molar-refractivity contribution in [2.75, 3.05) is 0 Å². The molecule has 0 fully saturated rings. The van der Waals surface area contributed by atoms with E-state index in [1.54, 1.807) is 0 Å². The Morgan fingerprint density at radius 2 is 1.80 bits per heavy atom. The Morgan fingerprint density at radius 3 is 1.80 bits per heavy atom. The van der Waals surface area contributed by atoms with Crippen LogP contribution in [0.15, 0.2) is 12.2 Å². The van der Waals surface area contributed by atoms with Crippen LogP contribution in [0.1, 0.15) is 20.8 Å². The van der Waals surface area contributed by atoms with Gasteiger partial charge in [0.05, 0.1) is 0 Å². The molecule has 0 aromatic heterocycles. The minimum atomic E-state index is -1.22. The molecular weight excluding hydrogens is 130 g/mol. The fourth-order valence-corrected chi connectivity index (χ4v) is 0.183. The maximum atomic E-state index is 9.86. The molecule has 0 aromatic carbocycles. The van der Waals surface area contributed by atoms with E-state index in [0.29, 0.717) is 0 Å². The van der Waals surface area contributed by atoms with Gasteiger partial charge in [0.1, 0.15) is 5.71 Å². The number of nitrogens with one attached hydrogen (secondary N) is 1. The van der Waals surface area contributed by atoms with E-state index in [4.69, 9.17) is 10.5 Å². The minimum Gasteiger partial charge on any atom is -0.477 e. The topological polar surface area (TPSA) is 61.2 Å². The molecule has 0 spiro atoms. The van der Waals surface area contributed by atoms with Gasteiger partial charge in [0.25, 0.3) is 0 Å². The molecule has 0 amide bonds. The molecule has 0 aliphatic rings. The summed E-state index contributed by atoms with van der Waals surface area (Å²) < 4.78 is 0. The quantitative estimate of drug-likeness (QED) is 0.578. The van der Waals surface area contributed by atoms with Gasteiger partial charge in [0.2, 0.25) is 0 Å². The summed E-state index contributed by atoms with van der Waals surface area (Å²) in [4.78, 5) is 9.86. The predicted octanol–water partition coefficient (Wildman–Crippen LogP) is 1.69. The van der Waals surface area contributed by atoms with E-state index in [1.807, 2.05) is 13.8 Å². The van der Waals surface area contributed by atoms with Crippen LogP contribution in [0.3, 0.4) is 0 Å². The number of rotatable bonds is 2. The van der Waals surface area contributed by atoms with Crippen molar-refractivity contribution in [2.24, 2.45) is 0 Å². The zero-order valence-corrected chi connectivity index (χ0v) is 6.56. The monoisotopic (exact) mass is 143 g/mol. The van der Waals surface area contributed by atoms with E-state index in [0.717, 1.165) is 0 Å². The Labute approximate surface area is 60.9 Å². The Balaban J connectivity index is 0. The highest BCUT2D eigenvalue weighted by Gasteiger charge is 2.04. The van der Waals surface area contributed by atoms with Crippen LogP contribution in [-0.4, -0.2) is 16.8 Å². The maximum absolute atomic E-state index is 9.86. The third-order valence-corrected chi connectivity index (χ3v) is 0.641. The van der Waals surface area contributed by atoms with Gasteiger partial charge >= 0.3 is 5.97 Å². The van der Waals surface area contributed by atoms with Crippen LogP contribution in [-0.2, 0) is 4.79 Å². The summed E-state index contributed by atoms with van der Waals surface area (Å²) >= 11 is 0. The summed E-state index contributed by atoms with van der Waals surface area (Å²) in [6, 6.07) is 0. The van der Waals surface area contributed by atoms with E-state index in [2.05, 4.69) is 6.58 Å². The molecule has 0 saturated heterocycles. The van der Waals surface area contributed by atoms with Crippen LogP contribution < -0.4 is 0 Å². The minimum absolute atomic E-state index is 0.275. The van der Waals surface area contributed by atoms with Gasteiger partial charge < -0.3 is 5.11 Å². The van der Waals surface area contributed by atoms with Gasteiger partial charge in [-0.3, -0.25) is 5.41 Å². The molecule has 0 saturated carbocycles. The van der Waals surface area contributed by atoms with E-state index in [-0.39, 0.29) is 5.57 Å². The van der Waals surface area contributed by atoms with Gasteiger partial charge in [-0.25, -0.2) is 4.79 Å². The van der Waals surface area contributed by atoms with Gasteiger partial charge in [-0.2, -0.15) is 0 Å². The smallest absolute Gasteiger partial charge is 0.354 e. The standard InChI is InChI=1S/C5H7NO2.C2H6/c1-3(2)4(6)5(7)8;1-2/h6H,1H2,2H3,(H,7,8);1-2H3. The molecule has 0 unspecified atom stereocenters. The second-order valence-electron chi connectivity index (χ2n) is 1.46. The van der Waals surface area contributed by atoms with E-state index in [1.165, 1.54) is 6.92 Å². The van der Waals surface area contributed by atoms with Crippen molar-refractivity contribution in [3.05, 3.63) is 12.2 Å². The van der Waals surface area contributed by atoms with Crippen molar-refractivity contribution in [1.82, 2.24) is 0 Å². The van der Waals surface area contributed by atoms with Crippen molar-refractivity contribution < 1.29 is 9.90 Å². The van der Waals surface area contributed by atoms with E-state index < -0.39 is 11.7 Å². The zero-order chi connectivity index (χ0) is 8.73. The fraction of sp³-hybridized carbons (Fsp3) is 0.429. The first-order chi connectivity index (χ1) is 4.55. The number of aliphatic carboxylic acids is 1. The third kappa shape index (κ3) is 5.03. The lowest BCUT2D eigenvalue weighted by atomic mass is 10.2. The van der Waals surface area contributed by atoms with Crippen LogP contribution in [0.4, 0.5) is 0 Å². The van der Waals surface area contributed by atoms with Crippen LogP contribution in [0.25, 0.3) is 0 Å². The molecule has 0 heterocycles. The summed E-state index contributed by atoms with van der Waals surface area (Å²) in [5.41, 5.74) is -0.150. The summed E-state index contributed by atoms with van der Waals surface area (Å²) in [6.45, 7) is 8.75. The maximum Gasteiger partial charge on any atom is 0.354 e. The summed E-state index contributed by atoms with van der Waals surface area (Å²) in [5, 5.41) is 14.8. The molecular formula is C7H13NO2. The molecule has 0 aliphatic carbocycles. The molecule has 0 aromatic rings. The Bertz CT molecular complexity index is 134. The second kappa shape index (κ2) is 6.01. The normalized spacial score (nSPS) is 7.10. The van der Waals surface area contributed by atoms with Crippen molar-refractivity contribution in [1.29, 1.82) is 5.41 Å². The Kier molecular flexibility index (Phi) is 7.00. The van der Waals surface area contributed by atoms with E-state index in [9.17, 15) is 4.79 Å². The molecule has 0 bridgehead atoms. The molecule has 0 radical (unpaired) electrons. The summed E-state index contributed by atoms with van der Waals surface area (Å²) in [5.74, 6) is -1.22. The van der Waals surface area contributed by atoms with Crippen LogP contribution >= 0.6 is 0 Å². The molecule has 3 heteroatoms. The second-order valence-corrected chi connectivity index (χ2v) is 1.46. The van der Waals surface area contributed by atoms with Crippen molar-refractivity contribution in [3.8, 4) is 0 Å². The summed E-state index contributed by atoms with van der Waals surface area (Å²) in [6.07, 6.45) is 0. The van der Waals surface area contributed by atoms with Crippen LogP contribution in [0, 0.1) is 5.41 Å². The first-order valence-corrected chi connectivity index (χ1v) is 3.03. The lowest BCUT2D eigenvalue weighted by Crippen LogP contribution is -2.11. The average molecular weight is 143 g/mol. The highest BCUT2D eigenvalue weighted by Crippen LogP contribution is 1.88. The van der Waals surface area contributed by atoms with E-state index >= 15 is 0 Å². The predicted molar refractivity (Wildman–Crippen MR) is 41.5 cm³/mol. The lowest BCUT2D eigenvalue weighted by Gasteiger charge is -1.90. The van der Waals surface area contributed by atoms with Crippen LogP contribution in [0.5, 0.6) is 0 Å². The Hall–Kier alpha value is -1.12. The highest BCUT2D eigenvalue weighted by atomic mass is 16.4. The van der Waals surface area contributed by atoms with Gasteiger partial charge in [-0.05, 0) is 12.5 Å². The molecule has 0 rings (SSSR count). The fourth-order valence-electron chi connectivity index (χ4n) is 0.183. The average Bonchev–Trinajstić information content (AvgIpc) is 1.90. The van der Waals surface area contributed by atoms with Crippen molar-refractivity contribution in [2.45, 2.75) is 20.8 Å². The first kappa shape index (κ1) is 11.6. The van der Waals surface area contributed by atoms with Gasteiger partial charge in [-0.15, -0.1) is 0 Å². The highest BCUT2D eigenvalue weighted by molar-refractivity contribution is 6.40. The van der Waals surface area contributed by atoms with Gasteiger partial charge in [0.15, 0.2) is 0 Å². The Morgan fingerprint density at radius 1 is 1.50 bits per heavy atom. The SMILES string of the molecule is C=C(C)C(=N)C(=O)O.CC. The number of hydrogen-bond acceptors (Lipinski definition) is 2. The molecule has 58 valence electrons.